The summed E-state index contributed by atoms with van der Waals surface area (Å²) in [5, 5.41) is 0. The molecule has 26 heavy (non-hydrogen) atoms. The normalized spacial score (nSPS) is 10.2. The highest BCUT2D eigenvalue weighted by Crippen LogP contribution is 2.19. The molecule has 0 aliphatic rings. The van der Waals surface area contributed by atoms with Gasteiger partial charge in [0.2, 0.25) is 0 Å². The van der Waals surface area contributed by atoms with E-state index in [4.69, 9.17) is 14.2 Å². The molecule has 0 aromatic heterocycles. The summed E-state index contributed by atoms with van der Waals surface area (Å²) in [5.41, 5.74) is 4.99. The maximum absolute atomic E-state index is 12.2. The van der Waals surface area contributed by atoms with Gasteiger partial charge in [0.25, 0.3) is 11.8 Å². The van der Waals surface area contributed by atoms with Crippen molar-refractivity contribution in [1.82, 2.24) is 10.9 Å². The number of nitrogens with one attached hydrogen (secondary N) is 2. The first-order valence-electron chi connectivity index (χ1n) is 8.11. The third kappa shape index (κ3) is 5.70. The van der Waals surface area contributed by atoms with Gasteiger partial charge in [-0.25, -0.2) is 0 Å². The minimum atomic E-state index is -0.489. The molecule has 0 saturated carbocycles. The molecule has 2 aromatic carbocycles. The first-order valence-corrected chi connectivity index (χ1v) is 8.11. The molecular weight excluding hydrogens is 336 g/mol. The van der Waals surface area contributed by atoms with Crippen molar-refractivity contribution in [2.24, 2.45) is 0 Å². The van der Waals surface area contributed by atoms with Gasteiger partial charge in [0.15, 0.2) is 6.61 Å². The smallest absolute Gasteiger partial charge is 0.276 e. The summed E-state index contributed by atoms with van der Waals surface area (Å²) in [4.78, 5) is 24.1. The molecule has 0 spiro atoms. The number of methoxy groups -OCH3 is 1. The van der Waals surface area contributed by atoms with Crippen molar-refractivity contribution in [3.8, 4) is 17.2 Å². The number of hydrogen-bond acceptors (Lipinski definition) is 5. The van der Waals surface area contributed by atoms with Crippen LogP contribution in [0.2, 0.25) is 0 Å². The molecule has 7 heteroatoms. The van der Waals surface area contributed by atoms with E-state index in [1.54, 1.807) is 55.6 Å². The lowest BCUT2D eigenvalue weighted by Gasteiger charge is -2.14. The largest absolute Gasteiger partial charge is 0.497 e. The molecule has 2 amide bonds. The van der Waals surface area contributed by atoms with Gasteiger partial charge in [-0.1, -0.05) is 12.1 Å². The Morgan fingerprint density at radius 2 is 1.62 bits per heavy atom. The van der Waals surface area contributed by atoms with E-state index in [0.29, 0.717) is 22.8 Å². The molecule has 0 aliphatic heterocycles. The minimum absolute atomic E-state index is 0.0727. The fourth-order valence-electron chi connectivity index (χ4n) is 2.06. The number of para-hydroxylation sites is 1. The molecule has 0 atom stereocenters. The molecule has 138 valence electrons. The quantitative estimate of drug-likeness (QED) is 0.742. The Kier molecular flexibility index (Phi) is 6.84. The van der Waals surface area contributed by atoms with Crippen LogP contribution in [-0.4, -0.2) is 31.6 Å². The van der Waals surface area contributed by atoms with Crippen molar-refractivity contribution in [3.05, 3.63) is 54.1 Å². The predicted octanol–water partition coefficient (Wildman–Crippen LogP) is 2.32. The van der Waals surface area contributed by atoms with Gasteiger partial charge < -0.3 is 14.2 Å². The van der Waals surface area contributed by atoms with Crippen molar-refractivity contribution in [3.63, 3.8) is 0 Å². The maximum Gasteiger partial charge on any atom is 0.276 e. The SMILES string of the molecule is COc1ccc(OCC(=O)NNC(=O)c2ccccc2OC(C)C)cc1. The number of amides is 2. The van der Waals surface area contributed by atoms with Gasteiger partial charge in [-0.05, 0) is 50.2 Å². The van der Waals surface area contributed by atoms with E-state index in [-0.39, 0.29) is 12.7 Å². The zero-order valence-corrected chi connectivity index (χ0v) is 14.9. The Morgan fingerprint density at radius 3 is 2.27 bits per heavy atom. The van der Waals surface area contributed by atoms with Crippen LogP contribution in [0.1, 0.15) is 24.2 Å². The minimum Gasteiger partial charge on any atom is -0.497 e. The topological polar surface area (TPSA) is 85.9 Å². The van der Waals surface area contributed by atoms with Crippen LogP contribution in [0.15, 0.2) is 48.5 Å². The summed E-state index contributed by atoms with van der Waals surface area (Å²) in [5.74, 6) is 0.693. The van der Waals surface area contributed by atoms with Gasteiger partial charge in [-0.15, -0.1) is 0 Å². The van der Waals surface area contributed by atoms with Gasteiger partial charge in [0.05, 0.1) is 18.8 Å². The number of carbonyl (C=O) groups excluding carboxylic acids is 2. The average molecular weight is 358 g/mol. The van der Waals surface area contributed by atoms with E-state index in [1.807, 2.05) is 13.8 Å². The van der Waals surface area contributed by atoms with Crippen molar-refractivity contribution < 1.29 is 23.8 Å². The molecule has 0 radical (unpaired) electrons. The standard InChI is InChI=1S/C19H22N2O5/c1-13(2)26-17-7-5-4-6-16(17)19(23)21-20-18(22)12-25-15-10-8-14(24-3)9-11-15/h4-11,13H,12H2,1-3H3,(H,20,22)(H,21,23). The number of carbonyl (C=O) groups is 2. The molecule has 2 aromatic rings. The van der Waals surface area contributed by atoms with Crippen LogP contribution in [0.5, 0.6) is 17.2 Å². The second-order valence-electron chi connectivity index (χ2n) is 5.63. The number of ether oxygens (including phenoxy) is 3. The van der Waals surface area contributed by atoms with Gasteiger partial charge in [-0.2, -0.15) is 0 Å². The molecule has 0 fully saturated rings. The Bertz CT molecular complexity index is 744. The second-order valence-corrected chi connectivity index (χ2v) is 5.63. The molecular formula is C19H22N2O5. The van der Waals surface area contributed by atoms with Crippen LogP contribution >= 0.6 is 0 Å². The Balaban J connectivity index is 1.84. The molecule has 0 saturated heterocycles. The predicted molar refractivity (Wildman–Crippen MR) is 96.3 cm³/mol. The highest BCUT2D eigenvalue weighted by molar-refractivity contribution is 5.97. The second kappa shape index (κ2) is 9.31. The van der Waals surface area contributed by atoms with Crippen LogP contribution in [0.4, 0.5) is 0 Å². The molecule has 0 unspecified atom stereocenters. The Hall–Kier alpha value is -3.22. The van der Waals surface area contributed by atoms with E-state index in [9.17, 15) is 9.59 Å². The number of hydrogen-bond donors (Lipinski definition) is 2. The summed E-state index contributed by atoms with van der Waals surface area (Å²) >= 11 is 0. The van der Waals surface area contributed by atoms with E-state index >= 15 is 0 Å². The van der Waals surface area contributed by atoms with Gasteiger partial charge in [0.1, 0.15) is 17.2 Å². The summed E-state index contributed by atoms with van der Waals surface area (Å²) in [6, 6.07) is 13.6. The highest BCUT2D eigenvalue weighted by Gasteiger charge is 2.14. The van der Waals surface area contributed by atoms with Crippen molar-refractivity contribution in [2.45, 2.75) is 20.0 Å². The number of hydrazine groups is 1. The third-order valence-corrected chi connectivity index (χ3v) is 3.24. The molecule has 0 bridgehead atoms. The van der Waals surface area contributed by atoms with Crippen LogP contribution in [0.25, 0.3) is 0 Å². The van der Waals surface area contributed by atoms with Crippen molar-refractivity contribution in [1.29, 1.82) is 0 Å². The molecule has 2 rings (SSSR count). The van der Waals surface area contributed by atoms with E-state index in [0.717, 1.165) is 0 Å². The van der Waals surface area contributed by atoms with Crippen LogP contribution in [-0.2, 0) is 4.79 Å². The molecule has 0 aliphatic carbocycles. The number of benzene rings is 2. The summed E-state index contributed by atoms with van der Waals surface area (Å²) in [6.45, 7) is 3.50. The van der Waals surface area contributed by atoms with Gasteiger partial charge in [-0.3, -0.25) is 20.4 Å². The molecule has 0 heterocycles. The molecule has 2 N–H and O–H groups in total. The molecule has 7 nitrogen and oxygen atoms in total. The van der Waals surface area contributed by atoms with Crippen LogP contribution in [0.3, 0.4) is 0 Å². The van der Waals surface area contributed by atoms with Gasteiger partial charge in [0, 0.05) is 0 Å². The lowest BCUT2D eigenvalue weighted by Crippen LogP contribution is -2.44. The van der Waals surface area contributed by atoms with Crippen LogP contribution in [0, 0.1) is 0 Å². The fraction of sp³-hybridized carbons (Fsp3) is 0.263. The lowest BCUT2D eigenvalue weighted by atomic mass is 10.2. The average Bonchev–Trinajstić information content (AvgIpc) is 2.64. The third-order valence-electron chi connectivity index (χ3n) is 3.24. The first-order chi connectivity index (χ1) is 12.5. The van der Waals surface area contributed by atoms with E-state index < -0.39 is 11.8 Å². The van der Waals surface area contributed by atoms with Crippen molar-refractivity contribution >= 4 is 11.8 Å². The zero-order chi connectivity index (χ0) is 18.9. The lowest BCUT2D eigenvalue weighted by molar-refractivity contribution is -0.123. The summed E-state index contributed by atoms with van der Waals surface area (Å²) < 4.78 is 16.0. The van der Waals surface area contributed by atoms with Crippen LogP contribution < -0.4 is 25.1 Å². The van der Waals surface area contributed by atoms with E-state index in [1.165, 1.54) is 0 Å². The zero-order valence-electron chi connectivity index (χ0n) is 14.9. The monoisotopic (exact) mass is 358 g/mol. The van der Waals surface area contributed by atoms with Crippen molar-refractivity contribution in [2.75, 3.05) is 13.7 Å². The summed E-state index contributed by atoms with van der Waals surface area (Å²) in [7, 11) is 1.57. The Morgan fingerprint density at radius 1 is 0.962 bits per heavy atom. The summed E-state index contributed by atoms with van der Waals surface area (Å²) in [6.07, 6.45) is -0.0727. The van der Waals surface area contributed by atoms with Gasteiger partial charge >= 0.3 is 0 Å². The first kappa shape index (κ1) is 19.1. The fourth-order valence-corrected chi connectivity index (χ4v) is 2.06. The Labute approximate surface area is 152 Å². The number of rotatable bonds is 7. The van der Waals surface area contributed by atoms with E-state index in [2.05, 4.69) is 10.9 Å². The maximum atomic E-state index is 12.2. The highest BCUT2D eigenvalue weighted by atomic mass is 16.5.